The van der Waals surface area contributed by atoms with E-state index < -0.39 is 0 Å². The number of nitrogens with zero attached hydrogens (tertiary/aromatic N) is 1. The number of aromatic hydroxyl groups is 1. The molecule has 0 radical (unpaired) electrons. The van der Waals surface area contributed by atoms with Gasteiger partial charge in [0.25, 0.3) is 0 Å². The van der Waals surface area contributed by atoms with E-state index in [1.54, 1.807) is 0 Å². The van der Waals surface area contributed by atoms with Crippen LogP contribution >= 0.6 is 0 Å². The van der Waals surface area contributed by atoms with Crippen LogP contribution in [-0.2, 0) is 6.42 Å². The zero-order valence-electron chi connectivity index (χ0n) is 12.6. The number of phenols is 1. The fourth-order valence-corrected chi connectivity index (χ4v) is 4.17. The van der Waals surface area contributed by atoms with Crippen molar-refractivity contribution in [1.82, 2.24) is 4.90 Å². The number of rotatable bonds is 2. The number of likely N-dealkylation sites (tertiary alicyclic amines) is 1. The van der Waals surface area contributed by atoms with Crippen molar-refractivity contribution in [2.75, 3.05) is 6.54 Å². The molecule has 3 rings (SSSR count). The second kappa shape index (κ2) is 6.17. The average molecular weight is 273 g/mol. The molecule has 2 atom stereocenters. The molecule has 2 nitrogen and oxygen atoms in total. The molecular weight excluding hydrogens is 246 g/mol. The number of hydrogen-bond donors (Lipinski definition) is 1. The number of benzene rings is 1. The minimum atomic E-state index is 0.423. The summed E-state index contributed by atoms with van der Waals surface area (Å²) in [7, 11) is 0. The molecule has 0 bridgehead atoms. The maximum atomic E-state index is 9.71. The lowest BCUT2D eigenvalue weighted by Gasteiger charge is -2.40. The monoisotopic (exact) mass is 273 g/mol. The first-order valence-corrected chi connectivity index (χ1v) is 8.37. The Hall–Kier alpha value is -1.02. The van der Waals surface area contributed by atoms with Crippen molar-refractivity contribution >= 4 is 0 Å². The standard InChI is InChI=1S/C18H27NO/c1-2-15-8-4-3-5-12-19(15)18-9-6-7-14-13-16(20)10-11-17(14)18/h10-11,13,15,18,20H,2-9,12H2,1H3. The third-order valence-electron chi connectivity index (χ3n) is 5.20. The van der Waals surface area contributed by atoms with E-state index >= 15 is 0 Å². The van der Waals surface area contributed by atoms with Gasteiger partial charge in [-0.3, -0.25) is 4.90 Å². The highest BCUT2D eigenvalue weighted by Gasteiger charge is 2.30. The molecule has 1 aliphatic heterocycles. The Balaban J connectivity index is 1.90. The van der Waals surface area contributed by atoms with Gasteiger partial charge < -0.3 is 5.11 Å². The van der Waals surface area contributed by atoms with E-state index in [9.17, 15) is 5.11 Å². The summed E-state index contributed by atoms with van der Waals surface area (Å²) in [6.07, 6.45) is 10.4. The van der Waals surface area contributed by atoms with Gasteiger partial charge >= 0.3 is 0 Å². The van der Waals surface area contributed by atoms with Gasteiger partial charge in [-0.1, -0.05) is 25.8 Å². The Morgan fingerprint density at radius 2 is 2.05 bits per heavy atom. The number of phenolic OH excluding ortho intramolecular Hbond substituents is 1. The van der Waals surface area contributed by atoms with Crippen LogP contribution in [0.5, 0.6) is 5.75 Å². The van der Waals surface area contributed by atoms with E-state index in [4.69, 9.17) is 0 Å². The van der Waals surface area contributed by atoms with Gasteiger partial charge in [-0.2, -0.15) is 0 Å². The van der Waals surface area contributed by atoms with Crippen LogP contribution < -0.4 is 0 Å². The van der Waals surface area contributed by atoms with Crippen molar-refractivity contribution in [2.24, 2.45) is 0 Å². The van der Waals surface area contributed by atoms with Crippen molar-refractivity contribution in [3.05, 3.63) is 29.3 Å². The molecule has 1 heterocycles. The van der Waals surface area contributed by atoms with Crippen LogP contribution in [0.4, 0.5) is 0 Å². The van der Waals surface area contributed by atoms with Crippen molar-refractivity contribution in [3.8, 4) is 5.75 Å². The molecule has 1 aromatic carbocycles. The smallest absolute Gasteiger partial charge is 0.115 e. The quantitative estimate of drug-likeness (QED) is 0.862. The summed E-state index contributed by atoms with van der Waals surface area (Å²) < 4.78 is 0. The first-order valence-electron chi connectivity index (χ1n) is 8.37. The van der Waals surface area contributed by atoms with E-state index in [1.165, 1.54) is 62.6 Å². The van der Waals surface area contributed by atoms with Crippen LogP contribution in [0.15, 0.2) is 18.2 Å². The van der Waals surface area contributed by atoms with Gasteiger partial charge in [0.15, 0.2) is 0 Å². The second-order valence-corrected chi connectivity index (χ2v) is 6.44. The molecule has 1 N–H and O–H groups in total. The van der Waals surface area contributed by atoms with E-state index in [-0.39, 0.29) is 0 Å². The fourth-order valence-electron chi connectivity index (χ4n) is 4.17. The molecule has 0 saturated carbocycles. The Morgan fingerprint density at radius 3 is 2.90 bits per heavy atom. The van der Waals surface area contributed by atoms with Crippen LogP contribution in [0.25, 0.3) is 0 Å². The van der Waals surface area contributed by atoms with Crippen molar-refractivity contribution in [1.29, 1.82) is 0 Å². The fraction of sp³-hybridized carbons (Fsp3) is 0.667. The number of hydrogen-bond acceptors (Lipinski definition) is 2. The Kier molecular flexibility index (Phi) is 4.30. The maximum Gasteiger partial charge on any atom is 0.115 e. The summed E-state index contributed by atoms with van der Waals surface area (Å²) >= 11 is 0. The van der Waals surface area contributed by atoms with Gasteiger partial charge in [0.05, 0.1) is 0 Å². The van der Waals surface area contributed by atoms with Gasteiger partial charge in [-0.05, 0) is 68.3 Å². The summed E-state index contributed by atoms with van der Waals surface area (Å²) in [6, 6.07) is 7.37. The van der Waals surface area contributed by atoms with E-state index in [0.29, 0.717) is 11.8 Å². The van der Waals surface area contributed by atoms with Crippen molar-refractivity contribution < 1.29 is 5.11 Å². The highest BCUT2D eigenvalue weighted by atomic mass is 16.3. The molecule has 2 aliphatic rings. The topological polar surface area (TPSA) is 23.5 Å². The van der Waals surface area contributed by atoms with E-state index in [2.05, 4.69) is 17.9 Å². The molecule has 2 heteroatoms. The SMILES string of the molecule is CCC1CCCCCN1C1CCCc2cc(O)ccc21. The molecule has 1 saturated heterocycles. The predicted octanol–water partition coefficient (Wildman–Crippen LogP) is 4.42. The summed E-state index contributed by atoms with van der Waals surface area (Å²) in [5.41, 5.74) is 2.86. The third-order valence-corrected chi connectivity index (χ3v) is 5.20. The molecule has 20 heavy (non-hydrogen) atoms. The molecule has 0 aromatic heterocycles. The lowest BCUT2D eigenvalue weighted by Crippen LogP contribution is -2.39. The van der Waals surface area contributed by atoms with Gasteiger partial charge in [-0.25, -0.2) is 0 Å². The van der Waals surface area contributed by atoms with Gasteiger partial charge in [0.1, 0.15) is 5.75 Å². The summed E-state index contributed by atoms with van der Waals surface area (Å²) in [4.78, 5) is 2.78. The second-order valence-electron chi connectivity index (χ2n) is 6.44. The lowest BCUT2D eigenvalue weighted by molar-refractivity contribution is 0.119. The summed E-state index contributed by atoms with van der Waals surface area (Å²) in [5.74, 6) is 0.423. The van der Waals surface area contributed by atoms with E-state index in [0.717, 1.165) is 12.5 Å². The predicted molar refractivity (Wildman–Crippen MR) is 83.0 cm³/mol. The Labute approximate surface area is 122 Å². The molecule has 1 aliphatic carbocycles. The zero-order chi connectivity index (χ0) is 13.9. The lowest BCUT2D eigenvalue weighted by atomic mass is 9.85. The average Bonchev–Trinajstić information content (AvgIpc) is 2.71. The van der Waals surface area contributed by atoms with Gasteiger partial charge in [-0.15, -0.1) is 0 Å². The highest BCUT2D eigenvalue weighted by Crippen LogP contribution is 2.39. The molecular formula is C18H27NO. The molecule has 110 valence electrons. The van der Waals surface area contributed by atoms with Gasteiger partial charge in [0.2, 0.25) is 0 Å². The number of fused-ring (bicyclic) bond motifs is 1. The maximum absolute atomic E-state index is 9.71. The largest absolute Gasteiger partial charge is 0.508 e. The molecule has 0 spiro atoms. The zero-order valence-corrected chi connectivity index (χ0v) is 12.6. The normalized spacial score (nSPS) is 27.9. The molecule has 1 fully saturated rings. The van der Waals surface area contributed by atoms with Crippen molar-refractivity contribution in [3.63, 3.8) is 0 Å². The number of aryl methyl sites for hydroxylation is 1. The van der Waals surface area contributed by atoms with Crippen LogP contribution in [0.2, 0.25) is 0 Å². The van der Waals surface area contributed by atoms with E-state index in [1.807, 2.05) is 12.1 Å². The van der Waals surface area contributed by atoms with Crippen LogP contribution in [-0.4, -0.2) is 22.6 Å². The molecule has 2 unspecified atom stereocenters. The first kappa shape index (κ1) is 13.9. The molecule has 1 aromatic rings. The van der Waals surface area contributed by atoms with Crippen LogP contribution in [0, 0.1) is 0 Å². The first-order chi connectivity index (χ1) is 9.79. The minimum Gasteiger partial charge on any atom is -0.508 e. The highest BCUT2D eigenvalue weighted by molar-refractivity contribution is 5.38. The van der Waals surface area contributed by atoms with Gasteiger partial charge in [0, 0.05) is 12.1 Å². The Bertz CT molecular complexity index is 457. The Morgan fingerprint density at radius 1 is 1.15 bits per heavy atom. The third kappa shape index (κ3) is 2.71. The molecule has 0 amide bonds. The van der Waals surface area contributed by atoms with Crippen LogP contribution in [0.3, 0.4) is 0 Å². The minimum absolute atomic E-state index is 0.423. The summed E-state index contributed by atoms with van der Waals surface area (Å²) in [6.45, 7) is 3.59. The van der Waals surface area contributed by atoms with Crippen LogP contribution in [0.1, 0.15) is 69.0 Å². The summed E-state index contributed by atoms with van der Waals surface area (Å²) in [5, 5.41) is 9.71. The van der Waals surface area contributed by atoms with Crippen molar-refractivity contribution in [2.45, 2.75) is 70.4 Å².